The Morgan fingerprint density at radius 2 is 1.13 bits per heavy atom. The molecular weight excluding hydrogens is 180 g/mol. The lowest BCUT2D eigenvalue weighted by Crippen LogP contribution is -2.35. The van der Waals surface area contributed by atoms with Crippen LogP contribution in [0, 0.1) is 47.3 Å². The molecule has 5 fully saturated rings. The molecule has 0 heteroatoms. The van der Waals surface area contributed by atoms with Crippen LogP contribution >= 0.6 is 0 Å². The highest BCUT2D eigenvalue weighted by Gasteiger charge is 2.65. The second-order valence-electron chi connectivity index (χ2n) is 7.31. The van der Waals surface area contributed by atoms with Crippen LogP contribution in [0.5, 0.6) is 0 Å². The van der Waals surface area contributed by atoms with Gasteiger partial charge in [-0.1, -0.05) is 6.42 Å². The van der Waals surface area contributed by atoms with Crippen molar-refractivity contribution in [1.82, 2.24) is 0 Å². The van der Waals surface area contributed by atoms with E-state index in [0.717, 1.165) is 0 Å². The van der Waals surface area contributed by atoms with Crippen molar-refractivity contribution in [2.75, 3.05) is 0 Å². The smallest absolute Gasteiger partial charge is 0.0321 e. The fourth-order valence-electron chi connectivity index (χ4n) is 7.28. The highest BCUT2D eigenvalue weighted by molar-refractivity contribution is 5.14. The van der Waals surface area contributed by atoms with Gasteiger partial charge in [-0.15, -0.1) is 0 Å². The van der Waals surface area contributed by atoms with E-state index in [2.05, 4.69) is 0 Å². The van der Waals surface area contributed by atoms with E-state index in [1.165, 1.54) is 47.3 Å². The van der Waals surface area contributed by atoms with E-state index in [0.29, 0.717) is 0 Å². The van der Waals surface area contributed by atoms with E-state index in [1.54, 1.807) is 44.9 Å². The van der Waals surface area contributed by atoms with Gasteiger partial charge in [-0.2, -0.15) is 0 Å². The third kappa shape index (κ3) is 0.775. The molecule has 0 aromatic carbocycles. The molecule has 5 rings (SSSR count). The Balaban J connectivity index is 1.59. The summed E-state index contributed by atoms with van der Waals surface area (Å²) in [6, 6.07) is 0. The van der Waals surface area contributed by atoms with Gasteiger partial charge in [0, 0.05) is 0 Å². The molecule has 0 saturated heterocycles. The van der Waals surface area contributed by atoms with Gasteiger partial charge in [-0.3, -0.25) is 0 Å². The molecule has 5 aliphatic carbocycles. The third-order valence-electron chi connectivity index (χ3n) is 7.30. The van der Waals surface area contributed by atoms with E-state index < -0.39 is 0 Å². The van der Waals surface area contributed by atoms with Crippen molar-refractivity contribution < 1.29 is 0 Å². The van der Waals surface area contributed by atoms with Crippen LogP contribution < -0.4 is 0 Å². The van der Waals surface area contributed by atoms with Crippen LogP contribution in [-0.2, 0) is 0 Å². The maximum atomic E-state index is 1.68. The molecule has 0 amide bonds. The van der Waals surface area contributed by atoms with E-state index in [-0.39, 0.29) is 0 Å². The number of hydrogen-bond donors (Lipinski definition) is 0. The molecule has 0 heterocycles. The summed E-state index contributed by atoms with van der Waals surface area (Å²) < 4.78 is 0. The van der Waals surface area contributed by atoms with Gasteiger partial charge in [0.1, 0.15) is 0 Å². The van der Waals surface area contributed by atoms with Gasteiger partial charge < -0.3 is 0 Å². The molecule has 8 atom stereocenters. The normalized spacial score (nSPS) is 68.8. The Hall–Kier alpha value is 0. The predicted molar refractivity (Wildman–Crippen MR) is 60.2 cm³/mol. The molecule has 0 aromatic rings. The fraction of sp³-hybridized carbons (Fsp3) is 1.00. The molecule has 0 nitrogen and oxygen atoms in total. The largest absolute Gasteiger partial charge is 0.0527 e. The maximum Gasteiger partial charge on any atom is -0.0321 e. The second kappa shape index (κ2) is 2.46. The molecule has 0 radical (unpaired) electrons. The standard InChI is InChI=1S/C15H22/c1-2-10-11(3-1)13-7-12(10)14-8-4-5-9(6-8)15(13)14/h8-15H,1-7H2/t8-,9+,10+,11-,12-,13+,14-,15+. The SMILES string of the molecule is C1C[C@@H]2[C@H](C1)[C@H]1C[C@@H]2[C@@H]2[C@H]3CC[C@H](C3)[C@H]12. The van der Waals surface area contributed by atoms with Gasteiger partial charge in [0.15, 0.2) is 0 Å². The van der Waals surface area contributed by atoms with Gasteiger partial charge in [-0.05, 0) is 85.9 Å². The first-order valence-corrected chi connectivity index (χ1v) is 7.43. The molecule has 4 bridgehead atoms. The molecule has 0 N–H and O–H groups in total. The van der Waals surface area contributed by atoms with Crippen molar-refractivity contribution in [2.45, 2.75) is 44.9 Å². The Kier molecular flexibility index (Phi) is 1.34. The van der Waals surface area contributed by atoms with E-state index in [9.17, 15) is 0 Å². The Bertz CT molecular complexity index is 279. The quantitative estimate of drug-likeness (QED) is 0.525. The van der Waals surface area contributed by atoms with Crippen molar-refractivity contribution in [3.05, 3.63) is 0 Å². The van der Waals surface area contributed by atoms with Crippen molar-refractivity contribution in [3.63, 3.8) is 0 Å². The minimum Gasteiger partial charge on any atom is -0.0527 e. The Morgan fingerprint density at radius 1 is 0.533 bits per heavy atom. The van der Waals surface area contributed by atoms with Crippen LogP contribution in [0.15, 0.2) is 0 Å². The first-order valence-electron chi connectivity index (χ1n) is 7.43. The molecule has 0 unspecified atom stereocenters. The Labute approximate surface area is 92.8 Å². The van der Waals surface area contributed by atoms with Crippen LogP contribution in [0.1, 0.15) is 44.9 Å². The fourth-order valence-corrected chi connectivity index (χ4v) is 7.28. The zero-order valence-corrected chi connectivity index (χ0v) is 9.57. The maximum absolute atomic E-state index is 1.68. The molecule has 82 valence electrons. The number of rotatable bonds is 0. The lowest BCUT2D eigenvalue weighted by atomic mass is 9.64. The minimum atomic E-state index is 1.21. The zero-order chi connectivity index (χ0) is 9.57. The first kappa shape index (κ1) is 8.14. The summed E-state index contributed by atoms with van der Waals surface area (Å²) in [6.07, 6.45) is 11.4. The molecule has 5 saturated carbocycles. The van der Waals surface area contributed by atoms with Crippen LogP contribution in [-0.4, -0.2) is 0 Å². The van der Waals surface area contributed by atoms with Crippen molar-refractivity contribution in [1.29, 1.82) is 0 Å². The zero-order valence-electron chi connectivity index (χ0n) is 9.57. The summed E-state index contributed by atoms with van der Waals surface area (Å²) in [4.78, 5) is 0. The first-order chi connectivity index (χ1) is 7.43. The molecule has 5 aliphatic rings. The van der Waals surface area contributed by atoms with Crippen molar-refractivity contribution in [2.24, 2.45) is 47.3 Å². The van der Waals surface area contributed by atoms with E-state index in [4.69, 9.17) is 0 Å². The van der Waals surface area contributed by atoms with Gasteiger partial charge in [-0.25, -0.2) is 0 Å². The number of fused-ring (bicyclic) bond motifs is 12. The summed E-state index contributed by atoms with van der Waals surface area (Å²) in [5, 5.41) is 0. The second-order valence-corrected chi connectivity index (χ2v) is 7.31. The van der Waals surface area contributed by atoms with E-state index >= 15 is 0 Å². The Morgan fingerprint density at radius 3 is 1.73 bits per heavy atom. The summed E-state index contributed by atoms with van der Waals surface area (Å²) in [5.74, 6) is 9.78. The topological polar surface area (TPSA) is 0 Å². The minimum absolute atomic E-state index is 1.21. The van der Waals surface area contributed by atoms with Crippen LogP contribution in [0.2, 0.25) is 0 Å². The summed E-state index contributed by atoms with van der Waals surface area (Å²) in [6.45, 7) is 0. The van der Waals surface area contributed by atoms with Gasteiger partial charge in [0.2, 0.25) is 0 Å². The summed E-state index contributed by atoms with van der Waals surface area (Å²) >= 11 is 0. The van der Waals surface area contributed by atoms with Crippen LogP contribution in [0.4, 0.5) is 0 Å². The van der Waals surface area contributed by atoms with Crippen LogP contribution in [0.25, 0.3) is 0 Å². The average molecular weight is 202 g/mol. The average Bonchev–Trinajstić information content (AvgIpc) is 3.03. The summed E-state index contributed by atoms with van der Waals surface area (Å²) in [7, 11) is 0. The highest BCUT2D eigenvalue weighted by atomic mass is 14.7. The molecular formula is C15H22. The number of hydrogen-bond acceptors (Lipinski definition) is 0. The van der Waals surface area contributed by atoms with Gasteiger partial charge in [0.25, 0.3) is 0 Å². The summed E-state index contributed by atoms with van der Waals surface area (Å²) in [5.41, 5.74) is 0. The molecule has 15 heavy (non-hydrogen) atoms. The van der Waals surface area contributed by atoms with Gasteiger partial charge >= 0.3 is 0 Å². The lowest BCUT2D eigenvalue weighted by Gasteiger charge is -2.40. The third-order valence-corrected chi connectivity index (χ3v) is 7.30. The monoisotopic (exact) mass is 202 g/mol. The van der Waals surface area contributed by atoms with Crippen molar-refractivity contribution >= 4 is 0 Å². The molecule has 0 aliphatic heterocycles. The van der Waals surface area contributed by atoms with E-state index in [1.807, 2.05) is 0 Å². The van der Waals surface area contributed by atoms with Gasteiger partial charge in [0.05, 0.1) is 0 Å². The predicted octanol–water partition coefficient (Wildman–Crippen LogP) is 3.71. The lowest BCUT2D eigenvalue weighted by molar-refractivity contribution is 0.0716. The van der Waals surface area contributed by atoms with Crippen molar-refractivity contribution in [3.8, 4) is 0 Å². The van der Waals surface area contributed by atoms with Crippen LogP contribution in [0.3, 0.4) is 0 Å². The molecule has 0 aromatic heterocycles. The highest BCUT2D eigenvalue weighted by Crippen LogP contribution is 2.72. The molecule has 0 spiro atoms.